The molecule has 2 aromatic carbocycles. The Labute approximate surface area is 165 Å². The lowest BCUT2D eigenvalue weighted by atomic mass is 9.99. The van der Waals surface area contributed by atoms with E-state index in [0.717, 1.165) is 36.4 Å². The van der Waals surface area contributed by atoms with Gasteiger partial charge in [-0.15, -0.1) is 0 Å². The average Bonchev–Trinajstić information content (AvgIpc) is 3.15. The average molecular weight is 375 g/mol. The van der Waals surface area contributed by atoms with Gasteiger partial charge in [-0.1, -0.05) is 35.4 Å². The second-order valence-corrected chi connectivity index (χ2v) is 7.48. The Kier molecular flexibility index (Phi) is 4.90. The summed E-state index contributed by atoms with van der Waals surface area (Å²) in [6.45, 7) is 7.16. The zero-order valence-electron chi connectivity index (χ0n) is 16.6. The van der Waals surface area contributed by atoms with Crippen molar-refractivity contribution in [1.82, 2.24) is 9.78 Å². The second kappa shape index (κ2) is 7.50. The van der Waals surface area contributed by atoms with E-state index < -0.39 is 0 Å². The number of aryl methyl sites for hydroxylation is 4. The molecule has 0 saturated heterocycles. The van der Waals surface area contributed by atoms with E-state index in [1.807, 2.05) is 30.0 Å². The van der Waals surface area contributed by atoms with Gasteiger partial charge in [0, 0.05) is 18.4 Å². The molecule has 5 nitrogen and oxygen atoms in total. The Morgan fingerprint density at radius 2 is 1.86 bits per heavy atom. The summed E-state index contributed by atoms with van der Waals surface area (Å²) in [5, 5.41) is 4.44. The predicted molar refractivity (Wildman–Crippen MR) is 110 cm³/mol. The van der Waals surface area contributed by atoms with Gasteiger partial charge in [-0.25, -0.2) is 4.68 Å². The summed E-state index contributed by atoms with van der Waals surface area (Å²) in [4.78, 5) is 14.9. The van der Waals surface area contributed by atoms with Crippen molar-refractivity contribution in [3.63, 3.8) is 0 Å². The molecule has 1 aromatic heterocycles. The van der Waals surface area contributed by atoms with Gasteiger partial charge in [-0.3, -0.25) is 4.79 Å². The van der Waals surface area contributed by atoms with Crippen molar-refractivity contribution in [2.24, 2.45) is 0 Å². The lowest BCUT2D eigenvalue weighted by Crippen LogP contribution is -2.35. The van der Waals surface area contributed by atoms with Crippen LogP contribution in [0, 0.1) is 20.8 Å². The van der Waals surface area contributed by atoms with Crippen LogP contribution in [-0.4, -0.2) is 22.2 Å². The van der Waals surface area contributed by atoms with E-state index in [1.54, 1.807) is 16.9 Å². The summed E-state index contributed by atoms with van der Waals surface area (Å²) in [7, 11) is 0. The second-order valence-electron chi connectivity index (χ2n) is 7.48. The Morgan fingerprint density at radius 3 is 2.68 bits per heavy atom. The molecule has 0 atom stereocenters. The fourth-order valence-corrected chi connectivity index (χ4v) is 3.72. The van der Waals surface area contributed by atoms with E-state index in [9.17, 15) is 4.79 Å². The molecule has 28 heavy (non-hydrogen) atoms. The van der Waals surface area contributed by atoms with Crippen molar-refractivity contribution >= 4 is 11.6 Å². The van der Waals surface area contributed by atoms with E-state index >= 15 is 0 Å². The molecule has 2 heterocycles. The number of rotatable bonds is 4. The number of anilines is 1. The molecule has 0 aliphatic carbocycles. The number of hydrogen-bond donors (Lipinski definition) is 0. The molecule has 0 saturated carbocycles. The largest absolute Gasteiger partial charge is 0.471 e. The van der Waals surface area contributed by atoms with Gasteiger partial charge in [0.1, 0.15) is 5.75 Å². The monoisotopic (exact) mass is 375 g/mol. The molecule has 0 spiro atoms. The molecule has 1 amide bonds. The first-order valence-electron chi connectivity index (χ1n) is 9.66. The van der Waals surface area contributed by atoms with Crippen LogP contribution in [0.2, 0.25) is 0 Å². The van der Waals surface area contributed by atoms with Crippen molar-refractivity contribution in [2.75, 3.05) is 11.4 Å². The van der Waals surface area contributed by atoms with Crippen LogP contribution in [0.15, 0.2) is 48.7 Å². The van der Waals surface area contributed by atoms with Crippen LogP contribution >= 0.6 is 0 Å². The normalized spacial score (nSPS) is 13.3. The van der Waals surface area contributed by atoms with Crippen LogP contribution in [0.3, 0.4) is 0 Å². The first kappa shape index (κ1) is 18.3. The minimum Gasteiger partial charge on any atom is -0.471 e. The lowest BCUT2D eigenvalue weighted by Gasteiger charge is -2.29. The Hall–Kier alpha value is -3.08. The number of ether oxygens (including phenoxy) is 1. The number of fused-ring (bicyclic) bond motifs is 1. The van der Waals surface area contributed by atoms with E-state index in [0.29, 0.717) is 5.69 Å². The van der Waals surface area contributed by atoms with Gasteiger partial charge in [-0.05, 0) is 62.9 Å². The quantitative estimate of drug-likeness (QED) is 0.677. The molecular weight excluding hydrogens is 350 g/mol. The Balaban J connectivity index is 1.48. The third-order valence-electron chi connectivity index (χ3n) is 5.14. The van der Waals surface area contributed by atoms with E-state index in [-0.39, 0.29) is 12.6 Å². The van der Waals surface area contributed by atoms with Crippen LogP contribution < -0.4 is 9.64 Å². The Bertz CT molecular complexity index is 1020. The highest BCUT2D eigenvalue weighted by Crippen LogP contribution is 2.29. The number of carbonyl (C=O) groups is 1. The highest BCUT2D eigenvalue weighted by Gasteiger charge is 2.25. The molecule has 5 heteroatoms. The van der Waals surface area contributed by atoms with Gasteiger partial charge < -0.3 is 9.64 Å². The number of carbonyl (C=O) groups excluding carboxylic acids is 1. The zero-order valence-corrected chi connectivity index (χ0v) is 16.6. The summed E-state index contributed by atoms with van der Waals surface area (Å²) in [6.07, 6.45) is 3.77. The van der Waals surface area contributed by atoms with Gasteiger partial charge in [-0.2, -0.15) is 5.10 Å². The van der Waals surface area contributed by atoms with Crippen LogP contribution in [0.4, 0.5) is 5.69 Å². The van der Waals surface area contributed by atoms with Gasteiger partial charge in [0.25, 0.3) is 5.91 Å². The fourth-order valence-electron chi connectivity index (χ4n) is 3.72. The highest BCUT2D eigenvalue weighted by atomic mass is 16.5. The fraction of sp³-hybridized carbons (Fsp3) is 0.304. The van der Waals surface area contributed by atoms with E-state index in [1.165, 1.54) is 16.7 Å². The lowest BCUT2D eigenvalue weighted by molar-refractivity contribution is 0.0978. The van der Waals surface area contributed by atoms with Crippen LogP contribution in [-0.2, 0) is 13.2 Å². The maximum atomic E-state index is 13.0. The Morgan fingerprint density at radius 1 is 1.07 bits per heavy atom. The number of benzene rings is 2. The summed E-state index contributed by atoms with van der Waals surface area (Å²) in [5.74, 6) is 0.768. The topological polar surface area (TPSA) is 47.4 Å². The zero-order chi connectivity index (χ0) is 19.7. The molecule has 0 radical (unpaired) electrons. The molecular formula is C23H25N3O2. The number of nitrogens with zero attached hydrogens (tertiary/aromatic N) is 3. The van der Waals surface area contributed by atoms with Gasteiger partial charge in [0.05, 0.1) is 0 Å². The summed E-state index contributed by atoms with van der Waals surface area (Å²) in [6, 6.07) is 14.1. The van der Waals surface area contributed by atoms with Crippen LogP contribution in [0.5, 0.6) is 5.75 Å². The number of aromatic nitrogens is 2. The maximum Gasteiger partial charge on any atom is 0.278 e. The maximum absolute atomic E-state index is 13.0. The highest BCUT2D eigenvalue weighted by molar-refractivity contribution is 6.05. The van der Waals surface area contributed by atoms with Gasteiger partial charge in [0.15, 0.2) is 12.4 Å². The first-order chi connectivity index (χ1) is 13.5. The summed E-state index contributed by atoms with van der Waals surface area (Å²) >= 11 is 0. The molecule has 1 aliphatic rings. The van der Waals surface area contributed by atoms with Crippen molar-refractivity contribution in [2.45, 2.75) is 40.3 Å². The number of amides is 1. The van der Waals surface area contributed by atoms with Gasteiger partial charge in [0.2, 0.25) is 0 Å². The molecule has 1 aliphatic heterocycles. The van der Waals surface area contributed by atoms with Crippen LogP contribution in [0.25, 0.3) is 0 Å². The molecule has 3 aromatic rings. The van der Waals surface area contributed by atoms with Crippen molar-refractivity contribution < 1.29 is 9.53 Å². The summed E-state index contributed by atoms with van der Waals surface area (Å²) < 4.78 is 7.52. The predicted octanol–water partition coefficient (Wildman–Crippen LogP) is 4.44. The molecule has 0 unspecified atom stereocenters. The molecule has 0 bridgehead atoms. The minimum atomic E-state index is -0.0601. The van der Waals surface area contributed by atoms with Crippen molar-refractivity contribution in [1.29, 1.82) is 0 Å². The molecule has 0 N–H and O–H groups in total. The molecule has 4 rings (SSSR count). The third-order valence-corrected chi connectivity index (χ3v) is 5.14. The molecule has 0 fully saturated rings. The van der Waals surface area contributed by atoms with E-state index in [2.05, 4.69) is 37.1 Å². The standard InChI is InChI=1S/C23H25N3O2/c1-16-7-9-22(18(3)13-16)28-15-25-12-10-20(24-25)23(27)26-11-4-5-19-14-17(2)6-8-21(19)26/h6-10,12-14H,4-5,11,15H2,1-3H3. The number of hydrogen-bond acceptors (Lipinski definition) is 3. The summed E-state index contributed by atoms with van der Waals surface area (Å²) in [5.41, 5.74) is 6.19. The third kappa shape index (κ3) is 3.65. The first-order valence-corrected chi connectivity index (χ1v) is 9.66. The smallest absolute Gasteiger partial charge is 0.278 e. The van der Waals surface area contributed by atoms with E-state index in [4.69, 9.17) is 4.74 Å². The SMILES string of the molecule is Cc1ccc(OCn2ccc(C(=O)N3CCCc4cc(C)ccc43)n2)c(C)c1. The van der Waals surface area contributed by atoms with Gasteiger partial charge >= 0.3 is 0 Å². The minimum absolute atomic E-state index is 0.0601. The van der Waals surface area contributed by atoms with Crippen molar-refractivity contribution in [3.05, 3.63) is 76.6 Å². The van der Waals surface area contributed by atoms with Crippen LogP contribution in [0.1, 0.15) is 39.2 Å². The van der Waals surface area contributed by atoms with Crippen molar-refractivity contribution in [3.8, 4) is 5.75 Å². The molecule has 144 valence electrons.